The van der Waals surface area contributed by atoms with Crippen molar-refractivity contribution in [1.29, 1.82) is 0 Å². The van der Waals surface area contributed by atoms with E-state index in [4.69, 9.17) is 4.74 Å². The van der Waals surface area contributed by atoms with Crippen LogP contribution in [0.1, 0.15) is 41.6 Å². The lowest BCUT2D eigenvalue weighted by molar-refractivity contribution is 0.150. The molecule has 0 bridgehead atoms. The van der Waals surface area contributed by atoms with Gasteiger partial charge in [0, 0.05) is 19.8 Å². The molecule has 0 spiro atoms. The maximum absolute atomic E-state index is 5.23. The summed E-state index contributed by atoms with van der Waals surface area (Å²) >= 11 is 0. The van der Waals surface area contributed by atoms with Crippen LogP contribution >= 0.6 is 0 Å². The predicted molar refractivity (Wildman–Crippen MR) is 78.1 cm³/mol. The monoisotopic (exact) mass is 249 g/mol. The van der Waals surface area contributed by atoms with Gasteiger partial charge in [-0.2, -0.15) is 0 Å². The van der Waals surface area contributed by atoms with Gasteiger partial charge in [0.1, 0.15) is 0 Å². The van der Waals surface area contributed by atoms with Crippen molar-refractivity contribution in [3.63, 3.8) is 0 Å². The van der Waals surface area contributed by atoms with Gasteiger partial charge in [0.25, 0.3) is 0 Å². The smallest absolute Gasteiger partial charge is 0.0488 e. The first-order chi connectivity index (χ1) is 8.49. The molecule has 1 N–H and O–H groups in total. The summed E-state index contributed by atoms with van der Waals surface area (Å²) in [5, 5.41) is 3.44. The summed E-state index contributed by atoms with van der Waals surface area (Å²) in [6.07, 6.45) is 1.10. The summed E-state index contributed by atoms with van der Waals surface area (Å²) in [6, 6.07) is 5.02. The normalized spacial score (nSPS) is 14.6. The Morgan fingerprint density at radius 2 is 1.72 bits per heavy atom. The van der Waals surface area contributed by atoms with Crippen LogP contribution in [-0.2, 0) is 4.74 Å². The molecule has 2 heteroatoms. The summed E-state index contributed by atoms with van der Waals surface area (Å²) in [5.74, 6) is 0.563. The lowest BCUT2D eigenvalue weighted by Crippen LogP contribution is -2.21. The van der Waals surface area contributed by atoms with Gasteiger partial charge in [-0.15, -0.1) is 0 Å². The molecule has 0 aromatic heterocycles. The standard InChI is InChI=1S/C16H27NO/c1-11(10-18-6)7-16(17-5)15-9-13(3)12(2)8-14(15)4/h8-9,11,16-17H,7,10H2,1-6H3. The van der Waals surface area contributed by atoms with Crippen LogP contribution in [0.3, 0.4) is 0 Å². The molecule has 1 aromatic carbocycles. The van der Waals surface area contributed by atoms with Crippen LogP contribution in [-0.4, -0.2) is 20.8 Å². The first-order valence-electron chi connectivity index (χ1n) is 6.73. The van der Waals surface area contributed by atoms with Gasteiger partial charge in [-0.05, 0) is 62.4 Å². The number of aryl methyl sites for hydroxylation is 3. The molecule has 102 valence electrons. The quantitative estimate of drug-likeness (QED) is 0.832. The first kappa shape index (κ1) is 15.2. The second kappa shape index (κ2) is 6.91. The van der Waals surface area contributed by atoms with Gasteiger partial charge in [-0.3, -0.25) is 0 Å². The van der Waals surface area contributed by atoms with E-state index in [1.165, 1.54) is 22.3 Å². The summed E-state index contributed by atoms with van der Waals surface area (Å²) in [4.78, 5) is 0. The molecule has 0 saturated carbocycles. The van der Waals surface area contributed by atoms with E-state index in [9.17, 15) is 0 Å². The molecule has 0 aliphatic heterocycles. The van der Waals surface area contributed by atoms with Gasteiger partial charge in [0.2, 0.25) is 0 Å². The molecular weight excluding hydrogens is 222 g/mol. The zero-order valence-electron chi connectivity index (χ0n) is 12.6. The SMILES string of the molecule is CNC(CC(C)COC)c1cc(C)c(C)cc1C. The predicted octanol–water partition coefficient (Wildman–Crippen LogP) is 3.54. The summed E-state index contributed by atoms with van der Waals surface area (Å²) in [5.41, 5.74) is 5.54. The lowest BCUT2D eigenvalue weighted by atomic mass is 9.91. The van der Waals surface area contributed by atoms with E-state index in [1.54, 1.807) is 7.11 Å². The topological polar surface area (TPSA) is 21.3 Å². The van der Waals surface area contributed by atoms with E-state index in [-0.39, 0.29) is 0 Å². The number of hydrogen-bond acceptors (Lipinski definition) is 2. The minimum absolute atomic E-state index is 0.412. The van der Waals surface area contributed by atoms with Crippen molar-refractivity contribution in [2.24, 2.45) is 5.92 Å². The molecular formula is C16H27NO. The molecule has 2 nitrogen and oxygen atoms in total. The minimum Gasteiger partial charge on any atom is -0.384 e. The van der Waals surface area contributed by atoms with Gasteiger partial charge in [0.15, 0.2) is 0 Å². The van der Waals surface area contributed by atoms with Crippen molar-refractivity contribution in [1.82, 2.24) is 5.32 Å². The Bertz CT molecular complexity index is 387. The maximum Gasteiger partial charge on any atom is 0.0488 e. The Labute approximate surface area is 112 Å². The van der Waals surface area contributed by atoms with E-state index in [2.05, 4.69) is 45.1 Å². The third-order valence-electron chi connectivity index (χ3n) is 3.70. The molecule has 0 aliphatic carbocycles. The van der Waals surface area contributed by atoms with Gasteiger partial charge >= 0.3 is 0 Å². The molecule has 0 radical (unpaired) electrons. The molecule has 18 heavy (non-hydrogen) atoms. The molecule has 0 aliphatic rings. The molecule has 1 rings (SSSR count). The molecule has 1 aromatic rings. The van der Waals surface area contributed by atoms with Gasteiger partial charge in [-0.25, -0.2) is 0 Å². The molecule has 2 atom stereocenters. The second-order valence-electron chi connectivity index (χ2n) is 5.43. The van der Waals surface area contributed by atoms with Crippen LogP contribution in [0.15, 0.2) is 12.1 Å². The fraction of sp³-hybridized carbons (Fsp3) is 0.625. The Morgan fingerprint density at radius 1 is 1.11 bits per heavy atom. The van der Waals surface area contributed by atoms with Crippen molar-refractivity contribution in [3.05, 3.63) is 34.4 Å². The van der Waals surface area contributed by atoms with E-state index < -0.39 is 0 Å². The fourth-order valence-corrected chi connectivity index (χ4v) is 2.51. The number of nitrogens with one attached hydrogen (secondary N) is 1. The average molecular weight is 249 g/mol. The minimum atomic E-state index is 0.412. The van der Waals surface area contributed by atoms with Gasteiger partial charge in [0.05, 0.1) is 0 Å². The van der Waals surface area contributed by atoms with E-state index in [1.807, 2.05) is 7.05 Å². The first-order valence-corrected chi connectivity index (χ1v) is 6.73. The van der Waals surface area contributed by atoms with Crippen LogP contribution in [0.2, 0.25) is 0 Å². The van der Waals surface area contributed by atoms with Crippen molar-refractivity contribution in [2.45, 2.75) is 40.2 Å². The zero-order chi connectivity index (χ0) is 13.7. The Hall–Kier alpha value is -0.860. The number of ether oxygens (including phenoxy) is 1. The second-order valence-corrected chi connectivity index (χ2v) is 5.43. The summed E-state index contributed by atoms with van der Waals surface area (Å²) in [6.45, 7) is 9.62. The van der Waals surface area contributed by atoms with Crippen molar-refractivity contribution in [3.8, 4) is 0 Å². The van der Waals surface area contributed by atoms with E-state index in [0.29, 0.717) is 12.0 Å². The van der Waals surface area contributed by atoms with Crippen molar-refractivity contribution < 1.29 is 4.74 Å². The maximum atomic E-state index is 5.23. The number of methoxy groups -OCH3 is 1. The summed E-state index contributed by atoms with van der Waals surface area (Å²) in [7, 11) is 3.81. The van der Waals surface area contributed by atoms with E-state index >= 15 is 0 Å². The van der Waals surface area contributed by atoms with Crippen LogP contribution in [0.4, 0.5) is 0 Å². The van der Waals surface area contributed by atoms with E-state index in [0.717, 1.165) is 13.0 Å². The molecule has 0 saturated heterocycles. The van der Waals surface area contributed by atoms with Gasteiger partial charge in [-0.1, -0.05) is 19.1 Å². The highest BCUT2D eigenvalue weighted by Gasteiger charge is 2.16. The highest BCUT2D eigenvalue weighted by molar-refractivity contribution is 5.38. The molecule has 2 unspecified atom stereocenters. The Balaban J connectivity index is 2.91. The third kappa shape index (κ3) is 3.82. The van der Waals surface area contributed by atoms with Crippen LogP contribution in [0, 0.1) is 26.7 Å². The number of rotatable bonds is 6. The molecule has 0 heterocycles. The molecule has 0 amide bonds. The number of benzene rings is 1. The zero-order valence-corrected chi connectivity index (χ0v) is 12.6. The third-order valence-corrected chi connectivity index (χ3v) is 3.70. The molecule has 0 fully saturated rings. The van der Waals surface area contributed by atoms with Crippen LogP contribution in [0.5, 0.6) is 0 Å². The van der Waals surface area contributed by atoms with Gasteiger partial charge < -0.3 is 10.1 Å². The Morgan fingerprint density at radius 3 is 2.28 bits per heavy atom. The number of hydrogen-bond donors (Lipinski definition) is 1. The summed E-state index contributed by atoms with van der Waals surface area (Å²) < 4.78 is 5.23. The van der Waals surface area contributed by atoms with Crippen LogP contribution < -0.4 is 5.32 Å². The average Bonchev–Trinajstić information content (AvgIpc) is 2.31. The fourth-order valence-electron chi connectivity index (χ4n) is 2.51. The van der Waals surface area contributed by atoms with Crippen molar-refractivity contribution in [2.75, 3.05) is 20.8 Å². The Kier molecular flexibility index (Phi) is 5.83. The highest BCUT2D eigenvalue weighted by atomic mass is 16.5. The largest absolute Gasteiger partial charge is 0.384 e. The van der Waals surface area contributed by atoms with Crippen LogP contribution in [0.25, 0.3) is 0 Å². The lowest BCUT2D eigenvalue weighted by Gasteiger charge is -2.23. The highest BCUT2D eigenvalue weighted by Crippen LogP contribution is 2.26. The van der Waals surface area contributed by atoms with Crippen molar-refractivity contribution >= 4 is 0 Å².